The highest BCUT2D eigenvalue weighted by atomic mass is 16.5. The highest BCUT2D eigenvalue weighted by Gasteiger charge is 2.05. The first-order chi connectivity index (χ1) is 10.3. The molecule has 3 heteroatoms. The maximum absolute atomic E-state index is 5.55. The maximum atomic E-state index is 5.55. The Bertz CT molecular complexity index is 617. The van der Waals surface area contributed by atoms with Crippen LogP contribution < -0.4 is 10.1 Å². The summed E-state index contributed by atoms with van der Waals surface area (Å²) in [6.45, 7) is 1.52. The Hall–Kier alpha value is -2.44. The summed E-state index contributed by atoms with van der Waals surface area (Å²) in [5, 5.41) is 3.42. The SMILES string of the molecule is C#CCOc1ccccc1CNc1ccccc1COC. The Balaban J connectivity index is 2.08. The molecule has 2 rings (SSSR count). The molecule has 2 aromatic carbocycles. The summed E-state index contributed by atoms with van der Waals surface area (Å²) in [5.74, 6) is 3.30. The molecule has 2 aromatic rings. The van der Waals surface area contributed by atoms with Crippen LogP contribution in [0, 0.1) is 12.3 Å². The second kappa shape index (κ2) is 7.98. The molecule has 0 heterocycles. The molecule has 0 spiro atoms. The lowest BCUT2D eigenvalue weighted by atomic mass is 10.1. The Morgan fingerprint density at radius 2 is 1.76 bits per heavy atom. The molecule has 3 nitrogen and oxygen atoms in total. The first kappa shape index (κ1) is 15.0. The minimum absolute atomic E-state index is 0.275. The van der Waals surface area contributed by atoms with Crippen LogP contribution in [-0.4, -0.2) is 13.7 Å². The zero-order valence-corrected chi connectivity index (χ0v) is 12.1. The first-order valence-corrected chi connectivity index (χ1v) is 6.80. The van der Waals surface area contributed by atoms with Crippen LogP contribution >= 0.6 is 0 Å². The van der Waals surface area contributed by atoms with Crippen molar-refractivity contribution in [3.63, 3.8) is 0 Å². The van der Waals surface area contributed by atoms with Crippen LogP contribution in [0.15, 0.2) is 48.5 Å². The molecule has 0 radical (unpaired) electrons. The summed E-state index contributed by atoms with van der Waals surface area (Å²) in [5.41, 5.74) is 3.26. The van der Waals surface area contributed by atoms with Crippen LogP contribution in [0.3, 0.4) is 0 Å². The molecule has 0 amide bonds. The van der Waals surface area contributed by atoms with E-state index in [1.54, 1.807) is 7.11 Å². The second-order valence-corrected chi connectivity index (χ2v) is 4.54. The average molecular weight is 281 g/mol. The van der Waals surface area contributed by atoms with Crippen LogP contribution in [0.5, 0.6) is 5.75 Å². The van der Waals surface area contributed by atoms with Gasteiger partial charge in [0.1, 0.15) is 12.4 Å². The number of anilines is 1. The van der Waals surface area contributed by atoms with Gasteiger partial charge in [-0.15, -0.1) is 6.42 Å². The van der Waals surface area contributed by atoms with E-state index in [-0.39, 0.29) is 6.61 Å². The van der Waals surface area contributed by atoms with E-state index < -0.39 is 0 Å². The number of hydrogen-bond acceptors (Lipinski definition) is 3. The lowest BCUT2D eigenvalue weighted by Crippen LogP contribution is -2.05. The first-order valence-electron chi connectivity index (χ1n) is 6.80. The van der Waals surface area contributed by atoms with Crippen LogP contribution in [0.2, 0.25) is 0 Å². The van der Waals surface area contributed by atoms with E-state index in [9.17, 15) is 0 Å². The van der Waals surface area contributed by atoms with Crippen LogP contribution in [-0.2, 0) is 17.9 Å². The van der Waals surface area contributed by atoms with Crippen molar-refractivity contribution in [3.05, 3.63) is 59.7 Å². The molecular formula is C18H19NO2. The highest BCUT2D eigenvalue weighted by molar-refractivity contribution is 5.51. The van der Waals surface area contributed by atoms with Crippen molar-refractivity contribution in [3.8, 4) is 18.1 Å². The van der Waals surface area contributed by atoms with Gasteiger partial charge in [0.15, 0.2) is 0 Å². The van der Waals surface area contributed by atoms with Gasteiger partial charge in [-0.2, -0.15) is 0 Å². The second-order valence-electron chi connectivity index (χ2n) is 4.54. The molecule has 0 fully saturated rings. The van der Waals surface area contributed by atoms with Gasteiger partial charge >= 0.3 is 0 Å². The van der Waals surface area contributed by atoms with Crippen molar-refractivity contribution in [2.45, 2.75) is 13.2 Å². The zero-order valence-electron chi connectivity index (χ0n) is 12.1. The van der Waals surface area contributed by atoms with Crippen molar-refractivity contribution >= 4 is 5.69 Å². The Kier molecular flexibility index (Phi) is 5.69. The van der Waals surface area contributed by atoms with Gasteiger partial charge in [0.2, 0.25) is 0 Å². The van der Waals surface area contributed by atoms with Gasteiger partial charge in [-0.3, -0.25) is 0 Å². The van der Waals surface area contributed by atoms with Gasteiger partial charge in [-0.25, -0.2) is 0 Å². The van der Waals surface area contributed by atoms with E-state index in [4.69, 9.17) is 15.9 Å². The fraction of sp³-hybridized carbons (Fsp3) is 0.222. The number of benzene rings is 2. The summed E-state index contributed by atoms with van der Waals surface area (Å²) in [7, 11) is 1.69. The van der Waals surface area contributed by atoms with Crippen molar-refractivity contribution in [1.82, 2.24) is 0 Å². The minimum atomic E-state index is 0.275. The van der Waals surface area contributed by atoms with Crippen molar-refractivity contribution in [2.75, 3.05) is 19.0 Å². The third-order valence-corrected chi connectivity index (χ3v) is 3.07. The van der Waals surface area contributed by atoms with Crippen LogP contribution in [0.1, 0.15) is 11.1 Å². The van der Waals surface area contributed by atoms with Crippen LogP contribution in [0.4, 0.5) is 5.69 Å². The zero-order chi connectivity index (χ0) is 14.9. The normalized spacial score (nSPS) is 9.90. The van der Waals surface area contributed by atoms with Crippen LogP contribution in [0.25, 0.3) is 0 Å². The van der Waals surface area contributed by atoms with Gasteiger partial charge in [-0.05, 0) is 12.1 Å². The van der Waals surface area contributed by atoms with Gasteiger partial charge in [0, 0.05) is 30.5 Å². The van der Waals surface area contributed by atoms with Crippen molar-refractivity contribution < 1.29 is 9.47 Å². The molecule has 0 atom stereocenters. The smallest absolute Gasteiger partial charge is 0.148 e. The number of para-hydroxylation sites is 2. The topological polar surface area (TPSA) is 30.5 Å². The Labute approximate surface area is 125 Å². The molecule has 0 aliphatic heterocycles. The van der Waals surface area contributed by atoms with E-state index in [2.05, 4.69) is 11.2 Å². The lowest BCUT2D eigenvalue weighted by molar-refractivity contribution is 0.185. The monoisotopic (exact) mass is 281 g/mol. The molecule has 0 aromatic heterocycles. The van der Waals surface area contributed by atoms with E-state index >= 15 is 0 Å². The molecule has 0 aliphatic rings. The number of methoxy groups -OCH3 is 1. The molecule has 0 saturated carbocycles. The third kappa shape index (κ3) is 4.27. The largest absolute Gasteiger partial charge is 0.481 e. The fourth-order valence-corrected chi connectivity index (χ4v) is 2.07. The van der Waals surface area contributed by atoms with E-state index in [0.717, 1.165) is 22.6 Å². The highest BCUT2D eigenvalue weighted by Crippen LogP contribution is 2.21. The Morgan fingerprint density at radius 3 is 2.52 bits per heavy atom. The lowest BCUT2D eigenvalue weighted by Gasteiger charge is -2.14. The molecule has 0 saturated heterocycles. The van der Waals surface area contributed by atoms with E-state index in [1.165, 1.54) is 0 Å². The number of nitrogens with one attached hydrogen (secondary N) is 1. The molecule has 1 N–H and O–H groups in total. The van der Waals surface area contributed by atoms with E-state index in [1.807, 2.05) is 48.5 Å². The molecule has 0 unspecified atom stereocenters. The molecule has 21 heavy (non-hydrogen) atoms. The summed E-state index contributed by atoms with van der Waals surface area (Å²) in [6, 6.07) is 16.0. The van der Waals surface area contributed by atoms with E-state index in [0.29, 0.717) is 13.2 Å². The van der Waals surface area contributed by atoms with Crippen molar-refractivity contribution in [1.29, 1.82) is 0 Å². The standard InChI is InChI=1S/C18H19NO2/c1-3-12-21-18-11-7-5-8-15(18)13-19-17-10-6-4-9-16(17)14-20-2/h1,4-11,19H,12-14H2,2H3. The van der Waals surface area contributed by atoms with Gasteiger partial charge in [-0.1, -0.05) is 42.3 Å². The predicted molar refractivity (Wildman–Crippen MR) is 85.3 cm³/mol. The van der Waals surface area contributed by atoms with Crippen molar-refractivity contribution in [2.24, 2.45) is 0 Å². The quantitative estimate of drug-likeness (QED) is 0.788. The predicted octanol–water partition coefficient (Wildman–Crippen LogP) is 3.46. The molecule has 0 aliphatic carbocycles. The maximum Gasteiger partial charge on any atom is 0.148 e. The van der Waals surface area contributed by atoms with Gasteiger partial charge in [0.25, 0.3) is 0 Å². The fourth-order valence-electron chi connectivity index (χ4n) is 2.07. The third-order valence-electron chi connectivity index (χ3n) is 3.07. The Morgan fingerprint density at radius 1 is 1.05 bits per heavy atom. The molecule has 108 valence electrons. The number of hydrogen-bond donors (Lipinski definition) is 1. The van der Waals surface area contributed by atoms with Gasteiger partial charge < -0.3 is 14.8 Å². The number of ether oxygens (including phenoxy) is 2. The molecule has 0 bridgehead atoms. The summed E-state index contributed by atoms with van der Waals surface area (Å²) < 4.78 is 10.8. The summed E-state index contributed by atoms with van der Waals surface area (Å²) in [6.07, 6.45) is 5.24. The summed E-state index contributed by atoms with van der Waals surface area (Å²) in [4.78, 5) is 0. The number of terminal acetylenes is 1. The minimum Gasteiger partial charge on any atom is -0.481 e. The average Bonchev–Trinajstić information content (AvgIpc) is 2.53. The number of rotatable bonds is 7. The summed E-state index contributed by atoms with van der Waals surface area (Å²) >= 11 is 0. The van der Waals surface area contributed by atoms with Gasteiger partial charge in [0.05, 0.1) is 6.61 Å². The molecular weight excluding hydrogens is 262 g/mol.